The number of aromatic nitrogens is 1. The molecule has 0 spiro atoms. The van der Waals surface area contributed by atoms with E-state index in [9.17, 15) is 9.18 Å². The van der Waals surface area contributed by atoms with Crippen LogP contribution < -0.4 is 10.5 Å². The molecule has 1 aromatic heterocycles. The van der Waals surface area contributed by atoms with E-state index < -0.39 is 5.91 Å². The van der Waals surface area contributed by atoms with Crippen LogP contribution in [-0.2, 0) is 17.8 Å². The minimum Gasteiger partial charge on any atom is -0.457 e. The number of carbonyl (C=O) groups is 1. The fourth-order valence-electron chi connectivity index (χ4n) is 3.65. The third kappa shape index (κ3) is 5.69. The molecule has 1 amide bonds. The predicted molar refractivity (Wildman–Crippen MR) is 129 cm³/mol. The van der Waals surface area contributed by atoms with Gasteiger partial charge in [-0.1, -0.05) is 47.6 Å². The number of para-hydroxylation sites is 1. The highest BCUT2D eigenvalue weighted by Crippen LogP contribution is 2.23. The number of nitrogens with zero attached hydrogens (tertiary/aromatic N) is 2. The van der Waals surface area contributed by atoms with Gasteiger partial charge in [-0.15, -0.1) is 0 Å². The van der Waals surface area contributed by atoms with E-state index in [0.717, 1.165) is 22.4 Å². The molecule has 0 unspecified atom stereocenters. The number of benzene rings is 3. The number of halogens is 1. The largest absolute Gasteiger partial charge is 0.457 e. The first-order valence-corrected chi connectivity index (χ1v) is 10.7. The van der Waals surface area contributed by atoms with E-state index >= 15 is 0 Å². The van der Waals surface area contributed by atoms with Crippen molar-refractivity contribution in [3.63, 3.8) is 0 Å². The van der Waals surface area contributed by atoms with E-state index in [-0.39, 0.29) is 5.82 Å². The molecule has 0 radical (unpaired) electrons. The molecule has 4 aromatic rings. The number of hydrogen-bond donors (Lipinski definition) is 1. The maximum absolute atomic E-state index is 13.3. The summed E-state index contributed by atoms with van der Waals surface area (Å²) in [5.41, 5.74) is 9.09. The Bertz CT molecular complexity index is 1300. The van der Waals surface area contributed by atoms with Crippen molar-refractivity contribution >= 4 is 11.6 Å². The molecule has 0 saturated carbocycles. The highest BCUT2D eigenvalue weighted by atomic mass is 19.1. The second-order valence-corrected chi connectivity index (χ2v) is 7.70. The SMILES string of the molecule is CON=C(Cn1cc(Cc2ccc(F)cc2)c(C(N)=O)c1)c1cccc(Oc2ccccc2)c1. The van der Waals surface area contributed by atoms with Gasteiger partial charge in [0, 0.05) is 18.0 Å². The van der Waals surface area contributed by atoms with Gasteiger partial charge >= 0.3 is 0 Å². The van der Waals surface area contributed by atoms with Crippen LogP contribution in [0.4, 0.5) is 4.39 Å². The molecule has 4 rings (SSSR count). The van der Waals surface area contributed by atoms with Crippen LogP contribution in [0.15, 0.2) is 96.4 Å². The molecule has 0 aliphatic rings. The molecular weight excluding hydrogens is 433 g/mol. The van der Waals surface area contributed by atoms with Crippen LogP contribution in [0.25, 0.3) is 0 Å². The summed E-state index contributed by atoms with van der Waals surface area (Å²) in [5, 5.41) is 4.20. The van der Waals surface area contributed by atoms with E-state index in [1.165, 1.54) is 19.2 Å². The standard InChI is InChI=1S/C27H24FN3O3/c1-33-30-26(20-6-5-9-24(15-20)34-23-7-3-2-4-8-23)18-31-16-21(25(17-31)27(29)32)14-19-10-12-22(28)13-11-19/h2-13,15-17H,14,18H2,1H3,(H2,29,32). The monoisotopic (exact) mass is 457 g/mol. The highest BCUT2D eigenvalue weighted by molar-refractivity contribution is 6.00. The first-order valence-electron chi connectivity index (χ1n) is 10.7. The molecule has 34 heavy (non-hydrogen) atoms. The molecule has 0 fully saturated rings. The number of ether oxygens (including phenoxy) is 1. The van der Waals surface area contributed by atoms with Crippen LogP contribution in [0.5, 0.6) is 11.5 Å². The van der Waals surface area contributed by atoms with E-state index in [4.69, 9.17) is 15.3 Å². The van der Waals surface area contributed by atoms with Crippen molar-refractivity contribution in [3.8, 4) is 11.5 Å². The summed E-state index contributed by atoms with van der Waals surface area (Å²) in [7, 11) is 1.48. The Kier molecular flexibility index (Phi) is 7.03. The molecule has 172 valence electrons. The lowest BCUT2D eigenvalue weighted by Crippen LogP contribution is -2.13. The number of rotatable bonds is 9. The molecule has 0 atom stereocenters. The maximum atomic E-state index is 13.3. The van der Waals surface area contributed by atoms with Crippen molar-refractivity contribution in [1.29, 1.82) is 0 Å². The lowest BCUT2D eigenvalue weighted by atomic mass is 10.0. The molecule has 2 N–H and O–H groups in total. The normalized spacial score (nSPS) is 11.3. The zero-order chi connectivity index (χ0) is 23.9. The summed E-state index contributed by atoms with van der Waals surface area (Å²) < 4.78 is 21.0. The number of amides is 1. The van der Waals surface area contributed by atoms with Gasteiger partial charge in [0.1, 0.15) is 30.1 Å². The second-order valence-electron chi connectivity index (χ2n) is 7.70. The van der Waals surface area contributed by atoms with Crippen molar-refractivity contribution in [2.45, 2.75) is 13.0 Å². The summed E-state index contributed by atoms with van der Waals surface area (Å²) in [6.45, 7) is 0.340. The Labute approximate surface area is 197 Å². The first-order chi connectivity index (χ1) is 16.5. The predicted octanol–water partition coefficient (Wildman–Crippen LogP) is 5.16. The fraction of sp³-hybridized carbons (Fsp3) is 0.111. The van der Waals surface area contributed by atoms with Gasteiger partial charge in [-0.05, 0) is 53.9 Å². The maximum Gasteiger partial charge on any atom is 0.250 e. The van der Waals surface area contributed by atoms with Gasteiger partial charge in [0.15, 0.2) is 0 Å². The molecule has 7 heteroatoms. The summed E-state index contributed by atoms with van der Waals surface area (Å²) in [6.07, 6.45) is 3.98. The van der Waals surface area contributed by atoms with Crippen LogP contribution in [0, 0.1) is 5.82 Å². The Hall–Kier alpha value is -4.39. The number of nitrogens with two attached hydrogens (primary N) is 1. The average molecular weight is 458 g/mol. The summed E-state index contributed by atoms with van der Waals surface area (Å²) in [6, 6.07) is 23.2. The van der Waals surface area contributed by atoms with E-state index in [1.807, 2.05) is 65.4 Å². The third-order valence-corrected chi connectivity index (χ3v) is 5.22. The van der Waals surface area contributed by atoms with Crippen molar-refractivity contribution in [2.75, 3.05) is 7.11 Å². The summed E-state index contributed by atoms with van der Waals surface area (Å²) >= 11 is 0. The van der Waals surface area contributed by atoms with Crippen LogP contribution >= 0.6 is 0 Å². The number of hydrogen-bond acceptors (Lipinski definition) is 4. The summed E-state index contributed by atoms with van der Waals surface area (Å²) in [5.74, 6) is 0.552. The Morgan fingerprint density at radius 1 is 0.971 bits per heavy atom. The average Bonchev–Trinajstić information content (AvgIpc) is 3.24. The van der Waals surface area contributed by atoms with Crippen molar-refractivity contribution in [1.82, 2.24) is 4.57 Å². The third-order valence-electron chi connectivity index (χ3n) is 5.22. The van der Waals surface area contributed by atoms with Crippen molar-refractivity contribution < 1.29 is 18.8 Å². The smallest absolute Gasteiger partial charge is 0.250 e. The van der Waals surface area contributed by atoms with Crippen LogP contribution in [0.1, 0.15) is 27.0 Å². The molecular formula is C27H24FN3O3. The van der Waals surface area contributed by atoms with E-state index in [1.54, 1.807) is 18.3 Å². The summed E-state index contributed by atoms with van der Waals surface area (Å²) in [4.78, 5) is 17.1. The van der Waals surface area contributed by atoms with Crippen molar-refractivity contribution in [3.05, 3.63) is 119 Å². The topological polar surface area (TPSA) is 78.8 Å². The zero-order valence-electron chi connectivity index (χ0n) is 18.6. The first kappa shape index (κ1) is 22.8. The Morgan fingerprint density at radius 3 is 2.41 bits per heavy atom. The molecule has 0 saturated heterocycles. The minimum absolute atomic E-state index is 0.310. The minimum atomic E-state index is -0.528. The molecule has 6 nitrogen and oxygen atoms in total. The highest BCUT2D eigenvalue weighted by Gasteiger charge is 2.15. The van der Waals surface area contributed by atoms with Gasteiger partial charge in [0.05, 0.1) is 12.1 Å². The lowest BCUT2D eigenvalue weighted by Gasteiger charge is -2.10. The molecule has 1 heterocycles. The number of primary amides is 1. The number of oxime groups is 1. The van der Waals surface area contributed by atoms with Gasteiger partial charge in [-0.25, -0.2) is 4.39 Å². The molecule has 0 bridgehead atoms. The fourth-order valence-corrected chi connectivity index (χ4v) is 3.65. The van der Waals surface area contributed by atoms with Crippen molar-refractivity contribution in [2.24, 2.45) is 10.9 Å². The van der Waals surface area contributed by atoms with Gasteiger partial charge in [-0.2, -0.15) is 0 Å². The van der Waals surface area contributed by atoms with Gasteiger partial charge in [0.25, 0.3) is 5.91 Å². The lowest BCUT2D eigenvalue weighted by molar-refractivity contribution is 0.0999. The van der Waals surface area contributed by atoms with Crippen LogP contribution in [0.3, 0.4) is 0 Å². The van der Waals surface area contributed by atoms with Gasteiger partial charge < -0.3 is 19.9 Å². The van der Waals surface area contributed by atoms with Gasteiger partial charge in [0.2, 0.25) is 0 Å². The van der Waals surface area contributed by atoms with E-state index in [0.29, 0.717) is 30.0 Å². The van der Waals surface area contributed by atoms with Crippen LogP contribution in [-0.4, -0.2) is 23.3 Å². The number of carbonyl (C=O) groups excluding carboxylic acids is 1. The second kappa shape index (κ2) is 10.5. The molecule has 0 aliphatic carbocycles. The molecule has 3 aromatic carbocycles. The Balaban J connectivity index is 1.58. The van der Waals surface area contributed by atoms with Gasteiger partial charge in [-0.3, -0.25) is 4.79 Å². The Morgan fingerprint density at radius 2 is 1.71 bits per heavy atom. The zero-order valence-corrected chi connectivity index (χ0v) is 18.6. The quantitative estimate of drug-likeness (QED) is 0.279. The van der Waals surface area contributed by atoms with Crippen LogP contribution in [0.2, 0.25) is 0 Å². The van der Waals surface area contributed by atoms with E-state index in [2.05, 4.69) is 5.16 Å². The molecule has 0 aliphatic heterocycles.